The SMILES string of the molecule is CC(=O)c1cc(Br)ccc1NCc1cnc(Cl)s1. The first kappa shape index (κ1) is 13.5. The first-order chi connectivity index (χ1) is 8.56. The molecule has 2 aromatic rings. The zero-order valence-electron chi connectivity index (χ0n) is 9.54. The number of carbonyl (C=O) groups excluding carboxylic acids is 1. The molecule has 1 aromatic heterocycles. The van der Waals surface area contributed by atoms with Crippen LogP contribution < -0.4 is 5.32 Å². The van der Waals surface area contributed by atoms with Gasteiger partial charge in [-0.05, 0) is 25.1 Å². The van der Waals surface area contributed by atoms with Gasteiger partial charge in [0.2, 0.25) is 0 Å². The van der Waals surface area contributed by atoms with E-state index < -0.39 is 0 Å². The number of nitrogens with zero attached hydrogens (tertiary/aromatic N) is 1. The van der Waals surface area contributed by atoms with Crippen LogP contribution in [-0.2, 0) is 6.54 Å². The highest BCUT2D eigenvalue weighted by atomic mass is 79.9. The van der Waals surface area contributed by atoms with Crippen LogP contribution in [0, 0.1) is 0 Å². The van der Waals surface area contributed by atoms with Gasteiger partial charge in [-0.15, -0.1) is 11.3 Å². The Kier molecular flexibility index (Phi) is 4.37. The maximum absolute atomic E-state index is 11.5. The fraction of sp³-hybridized carbons (Fsp3) is 0.167. The summed E-state index contributed by atoms with van der Waals surface area (Å²) in [6.45, 7) is 2.16. The number of hydrogen-bond acceptors (Lipinski definition) is 4. The molecule has 0 spiro atoms. The Bertz CT molecular complexity index is 585. The molecule has 1 N–H and O–H groups in total. The fourth-order valence-electron chi connectivity index (χ4n) is 1.51. The van der Waals surface area contributed by atoms with Crippen molar-refractivity contribution in [2.75, 3.05) is 5.32 Å². The maximum Gasteiger partial charge on any atom is 0.183 e. The number of thiazole rings is 1. The van der Waals surface area contributed by atoms with E-state index in [-0.39, 0.29) is 5.78 Å². The molecule has 0 saturated carbocycles. The fourth-order valence-corrected chi connectivity index (χ4v) is 2.79. The third-order valence-electron chi connectivity index (χ3n) is 2.34. The van der Waals surface area contributed by atoms with Crippen molar-refractivity contribution in [3.05, 3.63) is 43.8 Å². The van der Waals surface area contributed by atoms with E-state index in [9.17, 15) is 4.79 Å². The van der Waals surface area contributed by atoms with Crippen molar-refractivity contribution < 1.29 is 4.79 Å². The molecular formula is C12H10BrClN2OS. The second-order valence-corrected chi connectivity index (χ2v) is 6.29. The number of carbonyl (C=O) groups is 1. The highest BCUT2D eigenvalue weighted by Crippen LogP contribution is 2.24. The van der Waals surface area contributed by atoms with Gasteiger partial charge in [-0.2, -0.15) is 0 Å². The number of hydrogen-bond donors (Lipinski definition) is 1. The predicted molar refractivity (Wildman–Crippen MR) is 78.6 cm³/mol. The molecule has 0 aliphatic heterocycles. The van der Waals surface area contributed by atoms with Crippen LogP contribution in [0.4, 0.5) is 5.69 Å². The van der Waals surface area contributed by atoms with Gasteiger partial charge >= 0.3 is 0 Å². The zero-order chi connectivity index (χ0) is 13.1. The lowest BCUT2D eigenvalue weighted by molar-refractivity contribution is 0.101. The largest absolute Gasteiger partial charge is 0.379 e. The molecule has 0 unspecified atom stereocenters. The lowest BCUT2D eigenvalue weighted by Crippen LogP contribution is -2.04. The summed E-state index contributed by atoms with van der Waals surface area (Å²) >= 11 is 10.5. The third-order valence-corrected chi connectivity index (χ3v) is 3.95. The summed E-state index contributed by atoms with van der Waals surface area (Å²) in [4.78, 5) is 16.5. The van der Waals surface area contributed by atoms with E-state index in [1.165, 1.54) is 11.3 Å². The average Bonchev–Trinajstić information content (AvgIpc) is 2.73. The van der Waals surface area contributed by atoms with Crippen LogP contribution in [-0.4, -0.2) is 10.8 Å². The Labute approximate surface area is 122 Å². The molecule has 1 aromatic carbocycles. The molecule has 0 fully saturated rings. The number of rotatable bonds is 4. The highest BCUT2D eigenvalue weighted by molar-refractivity contribution is 9.10. The summed E-state index contributed by atoms with van der Waals surface area (Å²) in [5.41, 5.74) is 1.48. The van der Waals surface area contributed by atoms with Crippen LogP contribution in [0.1, 0.15) is 22.2 Å². The molecule has 2 rings (SSSR count). The molecule has 0 atom stereocenters. The summed E-state index contributed by atoms with van der Waals surface area (Å²) in [5.74, 6) is 0.0288. The standard InChI is InChI=1S/C12H10BrClN2OS/c1-7(17)10-4-8(13)2-3-11(10)15-5-9-6-16-12(14)18-9/h2-4,6,15H,5H2,1H3. The number of nitrogens with one attached hydrogen (secondary N) is 1. The van der Waals surface area contributed by atoms with E-state index >= 15 is 0 Å². The van der Waals surface area contributed by atoms with E-state index in [1.807, 2.05) is 18.2 Å². The molecule has 18 heavy (non-hydrogen) atoms. The van der Waals surface area contributed by atoms with Gasteiger partial charge in [0, 0.05) is 26.8 Å². The number of halogens is 2. The molecule has 94 valence electrons. The minimum atomic E-state index is 0.0288. The quantitative estimate of drug-likeness (QED) is 0.836. The van der Waals surface area contributed by atoms with Crippen LogP contribution in [0.3, 0.4) is 0 Å². The minimum absolute atomic E-state index is 0.0288. The number of aromatic nitrogens is 1. The topological polar surface area (TPSA) is 42.0 Å². The number of anilines is 1. The summed E-state index contributed by atoms with van der Waals surface area (Å²) in [6, 6.07) is 5.59. The third kappa shape index (κ3) is 3.31. The van der Waals surface area contributed by atoms with Crippen molar-refractivity contribution in [3.63, 3.8) is 0 Å². The van der Waals surface area contributed by atoms with Crippen molar-refractivity contribution in [1.29, 1.82) is 0 Å². The second-order valence-electron chi connectivity index (χ2n) is 3.68. The van der Waals surface area contributed by atoms with Crippen LogP contribution in [0.25, 0.3) is 0 Å². The second kappa shape index (κ2) is 5.82. The van der Waals surface area contributed by atoms with Gasteiger partial charge in [0.05, 0.1) is 6.54 Å². The Balaban J connectivity index is 2.16. The molecule has 0 aliphatic rings. The minimum Gasteiger partial charge on any atom is -0.379 e. The number of benzene rings is 1. The van der Waals surface area contributed by atoms with Crippen LogP contribution in [0.2, 0.25) is 4.47 Å². The van der Waals surface area contributed by atoms with Crippen LogP contribution in [0.5, 0.6) is 0 Å². The molecule has 1 heterocycles. The molecule has 6 heteroatoms. The Morgan fingerprint density at radius 1 is 1.56 bits per heavy atom. The summed E-state index contributed by atoms with van der Waals surface area (Å²) in [6.07, 6.45) is 1.73. The lowest BCUT2D eigenvalue weighted by Gasteiger charge is -2.09. The van der Waals surface area contributed by atoms with Crippen molar-refractivity contribution in [1.82, 2.24) is 4.98 Å². The van der Waals surface area contributed by atoms with Gasteiger partial charge in [-0.1, -0.05) is 27.5 Å². The van der Waals surface area contributed by atoms with Gasteiger partial charge in [0.15, 0.2) is 10.3 Å². The first-order valence-electron chi connectivity index (χ1n) is 5.21. The van der Waals surface area contributed by atoms with Crippen molar-refractivity contribution >= 4 is 50.3 Å². The van der Waals surface area contributed by atoms with Gasteiger partial charge in [0.25, 0.3) is 0 Å². The van der Waals surface area contributed by atoms with E-state index in [1.54, 1.807) is 13.1 Å². The summed E-state index contributed by atoms with van der Waals surface area (Å²) < 4.78 is 1.41. The van der Waals surface area contributed by atoms with E-state index in [0.717, 1.165) is 15.0 Å². The summed E-state index contributed by atoms with van der Waals surface area (Å²) in [5, 5.41) is 3.22. The van der Waals surface area contributed by atoms with Crippen molar-refractivity contribution in [2.24, 2.45) is 0 Å². The predicted octanol–water partition coefficient (Wildman–Crippen LogP) is 4.37. The molecule has 3 nitrogen and oxygen atoms in total. The molecular weight excluding hydrogens is 336 g/mol. The van der Waals surface area contributed by atoms with E-state index in [0.29, 0.717) is 16.6 Å². The molecule has 0 saturated heterocycles. The monoisotopic (exact) mass is 344 g/mol. The molecule has 0 amide bonds. The highest BCUT2D eigenvalue weighted by Gasteiger charge is 2.08. The Morgan fingerprint density at radius 3 is 2.94 bits per heavy atom. The average molecular weight is 346 g/mol. The number of Topliss-reactive ketones (excluding diaryl/α,β-unsaturated/α-hetero) is 1. The van der Waals surface area contributed by atoms with Crippen molar-refractivity contribution in [3.8, 4) is 0 Å². The van der Waals surface area contributed by atoms with Gasteiger partial charge in [-0.25, -0.2) is 4.98 Å². The van der Waals surface area contributed by atoms with Gasteiger partial charge in [0.1, 0.15) is 0 Å². The van der Waals surface area contributed by atoms with Crippen molar-refractivity contribution in [2.45, 2.75) is 13.5 Å². The first-order valence-corrected chi connectivity index (χ1v) is 7.19. The smallest absolute Gasteiger partial charge is 0.183 e. The molecule has 0 radical (unpaired) electrons. The lowest BCUT2D eigenvalue weighted by atomic mass is 10.1. The normalized spacial score (nSPS) is 10.4. The van der Waals surface area contributed by atoms with Crippen LogP contribution in [0.15, 0.2) is 28.9 Å². The zero-order valence-corrected chi connectivity index (χ0v) is 12.7. The van der Waals surface area contributed by atoms with E-state index in [4.69, 9.17) is 11.6 Å². The summed E-state index contributed by atoms with van der Waals surface area (Å²) in [7, 11) is 0. The number of ketones is 1. The Morgan fingerprint density at radius 2 is 2.33 bits per heavy atom. The molecule has 0 aliphatic carbocycles. The van der Waals surface area contributed by atoms with E-state index in [2.05, 4.69) is 26.2 Å². The van der Waals surface area contributed by atoms with Gasteiger partial charge < -0.3 is 5.32 Å². The molecule has 0 bridgehead atoms. The Hall–Kier alpha value is -0.910. The maximum atomic E-state index is 11.5. The van der Waals surface area contributed by atoms with Crippen LogP contribution >= 0.6 is 38.9 Å². The van der Waals surface area contributed by atoms with Gasteiger partial charge in [-0.3, -0.25) is 4.79 Å².